The van der Waals surface area contributed by atoms with E-state index in [1.54, 1.807) is 24.3 Å². The fraction of sp³-hybridized carbons (Fsp3) is 0.143. The summed E-state index contributed by atoms with van der Waals surface area (Å²) in [5.41, 5.74) is 0.291. The number of hydrogen-bond acceptors (Lipinski definition) is 3. The summed E-state index contributed by atoms with van der Waals surface area (Å²) in [6, 6.07) is 12.1. The first-order chi connectivity index (χ1) is 9.53. The molecular formula is C14H14FNO3S. The van der Waals surface area contributed by atoms with Gasteiger partial charge < -0.3 is 4.74 Å². The summed E-state index contributed by atoms with van der Waals surface area (Å²) in [5.74, 6) is -0.000362. The Kier molecular flexibility index (Phi) is 4.36. The number of hydrogen-bond donors (Lipinski definition) is 1. The van der Waals surface area contributed by atoms with Gasteiger partial charge in [-0.15, -0.1) is 0 Å². The molecule has 0 saturated heterocycles. The summed E-state index contributed by atoms with van der Waals surface area (Å²) >= 11 is 0. The van der Waals surface area contributed by atoms with Crippen LogP contribution in [0, 0.1) is 5.82 Å². The predicted octanol–water partition coefficient (Wildman–Crippen LogP) is 2.31. The molecular weight excluding hydrogens is 281 g/mol. The molecule has 0 fully saturated rings. The van der Waals surface area contributed by atoms with Crippen LogP contribution in [0.15, 0.2) is 53.4 Å². The van der Waals surface area contributed by atoms with E-state index >= 15 is 0 Å². The Morgan fingerprint density at radius 2 is 1.90 bits per heavy atom. The molecule has 20 heavy (non-hydrogen) atoms. The molecule has 0 atom stereocenters. The van der Waals surface area contributed by atoms with Crippen molar-refractivity contribution in [2.75, 3.05) is 7.11 Å². The van der Waals surface area contributed by atoms with Gasteiger partial charge in [-0.3, -0.25) is 0 Å². The molecule has 0 amide bonds. The second-order valence-corrected chi connectivity index (χ2v) is 5.86. The van der Waals surface area contributed by atoms with Crippen LogP contribution in [0.1, 0.15) is 5.56 Å². The maximum absolute atomic E-state index is 13.4. The first kappa shape index (κ1) is 14.5. The molecule has 1 N–H and O–H groups in total. The lowest BCUT2D eigenvalue weighted by Gasteiger charge is -2.08. The Morgan fingerprint density at radius 3 is 2.60 bits per heavy atom. The molecule has 2 aromatic rings. The third-order valence-electron chi connectivity index (χ3n) is 2.76. The van der Waals surface area contributed by atoms with E-state index < -0.39 is 15.8 Å². The molecule has 0 bridgehead atoms. The number of halogens is 1. The summed E-state index contributed by atoms with van der Waals surface area (Å²) < 4.78 is 45.0. The van der Waals surface area contributed by atoms with Gasteiger partial charge in [-0.05, 0) is 18.2 Å². The summed E-state index contributed by atoms with van der Waals surface area (Å²) in [6.45, 7) is -0.105. The highest BCUT2D eigenvalue weighted by Crippen LogP contribution is 2.17. The molecule has 6 heteroatoms. The Labute approximate surface area is 117 Å². The molecule has 0 radical (unpaired) electrons. The number of nitrogens with one attached hydrogen (secondary N) is 1. The molecule has 0 aromatic heterocycles. The third-order valence-corrected chi connectivity index (χ3v) is 4.16. The van der Waals surface area contributed by atoms with Gasteiger partial charge in [0, 0.05) is 18.2 Å². The molecule has 0 aliphatic rings. The van der Waals surface area contributed by atoms with Crippen LogP contribution in [-0.4, -0.2) is 15.5 Å². The minimum atomic E-state index is -3.70. The van der Waals surface area contributed by atoms with Crippen molar-refractivity contribution in [3.63, 3.8) is 0 Å². The Hall–Kier alpha value is -1.92. The standard InChI is InChI=1S/C14H14FNO3S/c1-19-12-6-4-7-13(9-12)20(17,18)16-10-11-5-2-3-8-14(11)15/h2-9,16H,10H2,1H3. The van der Waals surface area contributed by atoms with E-state index in [4.69, 9.17) is 4.74 Å². The summed E-state index contributed by atoms with van der Waals surface area (Å²) in [6.07, 6.45) is 0. The van der Waals surface area contributed by atoms with E-state index in [0.29, 0.717) is 11.3 Å². The Bertz CT molecular complexity index is 701. The van der Waals surface area contributed by atoms with Crippen LogP contribution in [0.25, 0.3) is 0 Å². The smallest absolute Gasteiger partial charge is 0.241 e. The lowest BCUT2D eigenvalue weighted by molar-refractivity contribution is 0.413. The van der Waals surface area contributed by atoms with Gasteiger partial charge in [0.05, 0.1) is 12.0 Å². The van der Waals surface area contributed by atoms with Gasteiger partial charge in [0.2, 0.25) is 10.0 Å². The van der Waals surface area contributed by atoms with Crippen molar-refractivity contribution in [2.45, 2.75) is 11.4 Å². The zero-order valence-corrected chi connectivity index (χ0v) is 11.7. The largest absolute Gasteiger partial charge is 0.497 e. The van der Waals surface area contributed by atoms with Crippen LogP contribution >= 0.6 is 0 Å². The van der Waals surface area contributed by atoms with Crippen LogP contribution in [0.2, 0.25) is 0 Å². The van der Waals surface area contributed by atoms with Crippen LogP contribution in [0.5, 0.6) is 5.75 Å². The lowest BCUT2D eigenvalue weighted by Crippen LogP contribution is -2.23. The molecule has 0 aliphatic heterocycles. The van der Waals surface area contributed by atoms with Gasteiger partial charge in [-0.1, -0.05) is 24.3 Å². The van der Waals surface area contributed by atoms with Crippen molar-refractivity contribution < 1.29 is 17.5 Å². The fourth-order valence-electron chi connectivity index (χ4n) is 1.67. The number of methoxy groups -OCH3 is 1. The van der Waals surface area contributed by atoms with Gasteiger partial charge in [0.1, 0.15) is 11.6 Å². The highest BCUT2D eigenvalue weighted by Gasteiger charge is 2.15. The summed E-state index contributed by atoms with van der Waals surface area (Å²) in [5, 5.41) is 0. The van der Waals surface area contributed by atoms with Gasteiger partial charge in [-0.2, -0.15) is 0 Å². The SMILES string of the molecule is COc1cccc(S(=O)(=O)NCc2ccccc2F)c1. The quantitative estimate of drug-likeness (QED) is 0.921. The van der Waals surface area contributed by atoms with Crippen molar-refractivity contribution in [3.8, 4) is 5.75 Å². The zero-order valence-electron chi connectivity index (χ0n) is 10.8. The second kappa shape index (κ2) is 6.02. The highest BCUT2D eigenvalue weighted by molar-refractivity contribution is 7.89. The molecule has 0 saturated carbocycles. The van der Waals surface area contributed by atoms with Crippen LogP contribution in [-0.2, 0) is 16.6 Å². The Morgan fingerprint density at radius 1 is 1.15 bits per heavy atom. The maximum atomic E-state index is 13.4. The predicted molar refractivity (Wildman–Crippen MR) is 73.4 cm³/mol. The molecule has 4 nitrogen and oxygen atoms in total. The van der Waals surface area contributed by atoms with Crippen molar-refractivity contribution in [2.24, 2.45) is 0 Å². The normalized spacial score (nSPS) is 11.3. The van der Waals surface area contributed by atoms with Crippen molar-refractivity contribution in [1.82, 2.24) is 4.72 Å². The molecule has 0 aliphatic carbocycles. The maximum Gasteiger partial charge on any atom is 0.241 e. The number of benzene rings is 2. The van der Waals surface area contributed by atoms with Gasteiger partial charge >= 0.3 is 0 Å². The Balaban J connectivity index is 2.17. The average Bonchev–Trinajstić information content (AvgIpc) is 2.46. The van der Waals surface area contributed by atoms with Crippen LogP contribution in [0.3, 0.4) is 0 Å². The number of rotatable bonds is 5. The minimum absolute atomic E-state index is 0.0770. The van der Waals surface area contributed by atoms with Crippen molar-refractivity contribution in [3.05, 3.63) is 59.9 Å². The average molecular weight is 295 g/mol. The van der Waals surface area contributed by atoms with E-state index in [0.717, 1.165) is 0 Å². The van der Waals surface area contributed by atoms with E-state index in [2.05, 4.69) is 4.72 Å². The van der Waals surface area contributed by atoms with E-state index in [1.165, 1.54) is 31.4 Å². The first-order valence-corrected chi connectivity index (χ1v) is 7.38. The minimum Gasteiger partial charge on any atom is -0.497 e. The van der Waals surface area contributed by atoms with Gasteiger partial charge in [-0.25, -0.2) is 17.5 Å². The van der Waals surface area contributed by atoms with E-state index in [1.807, 2.05) is 0 Å². The van der Waals surface area contributed by atoms with Crippen LogP contribution in [0.4, 0.5) is 4.39 Å². The van der Waals surface area contributed by atoms with Gasteiger partial charge in [0.15, 0.2) is 0 Å². The topological polar surface area (TPSA) is 55.4 Å². The third kappa shape index (κ3) is 3.34. The van der Waals surface area contributed by atoms with Crippen molar-refractivity contribution in [1.29, 1.82) is 0 Å². The van der Waals surface area contributed by atoms with Gasteiger partial charge in [0.25, 0.3) is 0 Å². The summed E-state index contributed by atoms with van der Waals surface area (Å²) in [7, 11) is -2.25. The zero-order chi connectivity index (χ0) is 14.6. The van der Waals surface area contributed by atoms with E-state index in [9.17, 15) is 12.8 Å². The monoisotopic (exact) mass is 295 g/mol. The molecule has 0 unspecified atom stereocenters. The molecule has 2 rings (SSSR count). The van der Waals surface area contributed by atoms with E-state index in [-0.39, 0.29) is 11.4 Å². The summed E-state index contributed by atoms with van der Waals surface area (Å²) in [4.78, 5) is 0.0770. The molecule has 2 aromatic carbocycles. The number of ether oxygens (including phenoxy) is 1. The molecule has 106 valence electrons. The fourth-order valence-corrected chi connectivity index (χ4v) is 2.71. The molecule has 0 spiro atoms. The van der Waals surface area contributed by atoms with Crippen molar-refractivity contribution >= 4 is 10.0 Å². The first-order valence-electron chi connectivity index (χ1n) is 5.90. The lowest BCUT2D eigenvalue weighted by atomic mass is 10.2. The van der Waals surface area contributed by atoms with Crippen LogP contribution < -0.4 is 9.46 Å². The highest BCUT2D eigenvalue weighted by atomic mass is 32.2. The molecule has 0 heterocycles. The number of sulfonamides is 1. The second-order valence-electron chi connectivity index (χ2n) is 4.09.